The molecule has 0 bridgehead atoms. The molecule has 17 heavy (non-hydrogen) atoms. The van der Waals surface area contributed by atoms with Crippen LogP contribution in [0.5, 0.6) is 0 Å². The lowest BCUT2D eigenvalue weighted by Gasteiger charge is -2.33. The molecule has 1 aliphatic rings. The first-order valence-corrected chi connectivity index (χ1v) is 5.99. The van der Waals surface area contributed by atoms with Gasteiger partial charge in [-0.25, -0.2) is 4.98 Å². The first kappa shape index (κ1) is 10.5. The summed E-state index contributed by atoms with van der Waals surface area (Å²) in [4.78, 5) is 9.23. The lowest BCUT2D eigenvalue weighted by atomic mass is 10.2. The molecule has 0 saturated carbocycles. The maximum atomic E-state index is 4.54. The molecule has 3 heterocycles. The van der Waals surface area contributed by atoms with Crippen molar-refractivity contribution in [2.45, 2.75) is 6.92 Å². The van der Waals surface area contributed by atoms with Crippen molar-refractivity contribution in [1.29, 1.82) is 0 Å². The van der Waals surface area contributed by atoms with E-state index in [1.165, 1.54) is 0 Å². The average Bonchev–Trinajstić information content (AvgIpc) is 2.73. The van der Waals surface area contributed by atoms with Crippen LogP contribution in [0.4, 0.5) is 5.82 Å². The van der Waals surface area contributed by atoms with Gasteiger partial charge >= 0.3 is 0 Å². The van der Waals surface area contributed by atoms with E-state index in [0.29, 0.717) is 0 Å². The average molecular weight is 231 g/mol. The molecule has 5 heteroatoms. The number of anilines is 1. The molecular formula is C12H17N5. The third kappa shape index (κ3) is 1.76. The summed E-state index contributed by atoms with van der Waals surface area (Å²) in [7, 11) is 2.16. The first-order chi connectivity index (χ1) is 8.25. The van der Waals surface area contributed by atoms with Gasteiger partial charge in [0.1, 0.15) is 5.82 Å². The zero-order chi connectivity index (χ0) is 11.8. The Balaban J connectivity index is 2.02. The molecule has 1 saturated heterocycles. The van der Waals surface area contributed by atoms with E-state index in [1.54, 1.807) is 0 Å². The van der Waals surface area contributed by atoms with Crippen LogP contribution in [0.1, 0.15) is 5.69 Å². The minimum atomic E-state index is 1.03. The first-order valence-electron chi connectivity index (χ1n) is 5.99. The lowest BCUT2D eigenvalue weighted by Crippen LogP contribution is -2.44. The highest BCUT2D eigenvalue weighted by molar-refractivity contribution is 5.91. The van der Waals surface area contributed by atoms with Gasteiger partial charge in [0.15, 0.2) is 0 Å². The fourth-order valence-electron chi connectivity index (χ4n) is 2.36. The van der Waals surface area contributed by atoms with Crippen LogP contribution in [0.25, 0.3) is 10.9 Å². The van der Waals surface area contributed by atoms with E-state index in [9.17, 15) is 0 Å². The number of nitrogens with one attached hydrogen (secondary N) is 1. The zero-order valence-corrected chi connectivity index (χ0v) is 10.3. The Morgan fingerprint density at radius 1 is 1.24 bits per heavy atom. The van der Waals surface area contributed by atoms with Gasteiger partial charge in [0.05, 0.1) is 16.6 Å². The molecule has 0 atom stereocenters. The number of aromatic nitrogens is 3. The molecule has 1 fully saturated rings. The van der Waals surface area contributed by atoms with E-state index >= 15 is 0 Å². The number of likely N-dealkylation sites (N-methyl/N-ethyl adjacent to an activating group) is 1. The topological polar surface area (TPSA) is 48.1 Å². The predicted molar refractivity (Wildman–Crippen MR) is 68.3 cm³/mol. The fraction of sp³-hybridized carbons (Fsp3) is 0.500. The number of hydrogen-bond donors (Lipinski definition) is 1. The summed E-state index contributed by atoms with van der Waals surface area (Å²) in [5, 5.41) is 8.48. The van der Waals surface area contributed by atoms with E-state index in [0.717, 1.165) is 48.6 Å². The van der Waals surface area contributed by atoms with Crippen LogP contribution in [-0.2, 0) is 0 Å². The fourth-order valence-corrected chi connectivity index (χ4v) is 2.36. The number of piperazine rings is 1. The van der Waals surface area contributed by atoms with Crippen molar-refractivity contribution < 1.29 is 0 Å². The molecule has 0 radical (unpaired) electrons. The minimum Gasteiger partial charge on any atom is -0.353 e. The summed E-state index contributed by atoms with van der Waals surface area (Å²) < 4.78 is 0. The maximum absolute atomic E-state index is 4.54. The predicted octanol–water partition coefficient (Wildman–Crippen LogP) is 1.02. The molecule has 0 amide bonds. The van der Waals surface area contributed by atoms with Crippen molar-refractivity contribution in [3.63, 3.8) is 0 Å². The molecule has 0 aromatic carbocycles. The molecular weight excluding hydrogens is 214 g/mol. The smallest absolute Gasteiger partial charge is 0.139 e. The van der Waals surface area contributed by atoms with Crippen molar-refractivity contribution in [1.82, 2.24) is 20.1 Å². The van der Waals surface area contributed by atoms with E-state index in [1.807, 2.05) is 19.2 Å². The monoisotopic (exact) mass is 231 g/mol. The van der Waals surface area contributed by atoms with Crippen LogP contribution in [-0.4, -0.2) is 53.3 Å². The van der Waals surface area contributed by atoms with Gasteiger partial charge in [-0.3, -0.25) is 5.10 Å². The second-order valence-corrected chi connectivity index (χ2v) is 4.66. The number of fused-ring (bicyclic) bond motifs is 1. The Kier molecular flexibility index (Phi) is 2.48. The van der Waals surface area contributed by atoms with Gasteiger partial charge in [0.25, 0.3) is 0 Å². The molecule has 2 aromatic rings. The van der Waals surface area contributed by atoms with Crippen LogP contribution in [0.15, 0.2) is 12.3 Å². The quantitative estimate of drug-likeness (QED) is 0.796. The molecule has 3 rings (SSSR count). The standard InChI is InChI=1S/C12H17N5/c1-9-11-10(15-14-9)3-4-13-12(11)17-7-5-16(2)6-8-17/h3-4H,5-8H2,1-2H3,(H,14,15). The van der Waals surface area contributed by atoms with Crippen molar-refractivity contribution in [2.24, 2.45) is 0 Å². The van der Waals surface area contributed by atoms with Crippen molar-refractivity contribution in [3.05, 3.63) is 18.0 Å². The van der Waals surface area contributed by atoms with Crippen LogP contribution < -0.4 is 4.90 Å². The van der Waals surface area contributed by atoms with Crippen LogP contribution >= 0.6 is 0 Å². The number of hydrogen-bond acceptors (Lipinski definition) is 4. The second-order valence-electron chi connectivity index (χ2n) is 4.66. The highest BCUT2D eigenvalue weighted by Gasteiger charge is 2.19. The lowest BCUT2D eigenvalue weighted by molar-refractivity contribution is 0.312. The van der Waals surface area contributed by atoms with Crippen LogP contribution in [0.2, 0.25) is 0 Å². The Morgan fingerprint density at radius 3 is 2.76 bits per heavy atom. The van der Waals surface area contributed by atoms with Crippen molar-refractivity contribution >= 4 is 16.7 Å². The van der Waals surface area contributed by atoms with Gasteiger partial charge in [-0.1, -0.05) is 0 Å². The zero-order valence-electron chi connectivity index (χ0n) is 10.3. The number of aryl methyl sites for hydroxylation is 1. The normalized spacial score (nSPS) is 17.9. The number of rotatable bonds is 1. The van der Waals surface area contributed by atoms with Gasteiger partial charge in [0.2, 0.25) is 0 Å². The van der Waals surface area contributed by atoms with Crippen molar-refractivity contribution in [2.75, 3.05) is 38.1 Å². The Hall–Kier alpha value is -1.62. The number of pyridine rings is 1. The molecule has 0 spiro atoms. The second kappa shape index (κ2) is 4.00. The minimum absolute atomic E-state index is 1.03. The summed E-state index contributed by atoms with van der Waals surface area (Å²) >= 11 is 0. The van der Waals surface area contributed by atoms with Gasteiger partial charge in [-0.05, 0) is 20.0 Å². The Bertz CT molecular complexity index is 525. The van der Waals surface area contributed by atoms with Crippen molar-refractivity contribution in [3.8, 4) is 0 Å². The molecule has 1 aliphatic heterocycles. The van der Waals surface area contributed by atoms with Gasteiger partial charge in [0, 0.05) is 32.4 Å². The summed E-state index contributed by atoms with van der Waals surface area (Å²) in [6.45, 7) is 6.28. The SMILES string of the molecule is Cc1n[nH]c2ccnc(N3CCN(C)CC3)c12. The van der Waals surface area contributed by atoms with Gasteiger partial charge < -0.3 is 9.80 Å². The van der Waals surface area contributed by atoms with Gasteiger partial charge in [-0.2, -0.15) is 5.10 Å². The number of aromatic amines is 1. The Labute approximate surface area is 100 Å². The summed E-state index contributed by atoms with van der Waals surface area (Å²) in [5.74, 6) is 1.07. The summed E-state index contributed by atoms with van der Waals surface area (Å²) in [6, 6.07) is 1.98. The maximum Gasteiger partial charge on any atom is 0.139 e. The highest BCUT2D eigenvalue weighted by atomic mass is 15.3. The molecule has 90 valence electrons. The summed E-state index contributed by atoms with van der Waals surface area (Å²) in [6.07, 6.45) is 1.85. The third-order valence-electron chi connectivity index (χ3n) is 3.44. The molecule has 5 nitrogen and oxygen atoms in total. The van der Waals surface area contributed by atoms with E-state index < -0.39 is 0 Å². The highest BCUT2D eigenvalue weighted by Crippen LogP contribution is 2.26. The van der Waals surface area contributed by atoms with Crippen LogP contribution in [0, 0.1) is 6.92 Å². The van der Waals surface area contributed by atoms with E-state index in [4.69, 9.17) is 0 Å². The summed E-state index contributed by atoms with van der Waals surface area (Å²) in [5.41, 5.74) is 2.11. The third-order valence-corrected chi connectivity index (χ3v) is 3.44. The molecule has 0 unspecified atom stereocenters. The van der Waals surface area contributed by atoms with E-state index in [2.05, 4.69) is 32.0 Å². The Morgan fingerprint density at radius 2 is 2.00 bits per heavy atom. The number of H-pyrrole nitrogens is 1. The van der Waals surface area contributed by atoms with E-state index in [-0.39, 0.29) is 0 Å². The molecule has 2 aromatic heterocycles. The molecule has 1 N–H and O–H groups in total. The molecule has 0 aliphatic carbocycles. The van der Waals surface area contributed by atoms with Crippen LogP contribution in [0.3, 0.4) is 0 Å². The largest absolute Gasteiger partial charge is 0.353 e. The number of nitrogens with zero attached hydrogens (tertiary/aromatic N) is 4. The van der Waals surface area contributed by atoms with Gasteiger partial charge in [-0.15, -0.1) is 0 Å².